The lowest BCUT2D eigenvalue weighted by molar-refractivity contribution is -0.000707. The lowest BCUT2D eigenvalue weighted by atomic mass is 9.96. The third kappa shape index (κ3) is 6.41. The van der Waals surface area contributed by atoms with Crippen LogP contribution in [0.3, 0.4) is 0 Å². The molecule has 168 valence electrons. The smallest absolute Gasteiger partial charge is 0.0900 e. The van der Waals surface area contributed by atoms with E-state index in [4.69, 9.17) is 16.3 Å². The molecule has 0 saturated carbocycles. The highest BCUT2D eigenvalue weighted by Crippen LogP contribution is 2.29. The molecule has 3 aromatic carbocycles. The molecule has 1 aliphatic heterocycles. The predicted molar refractivity (Wildman–Crippen MR) is 130 cm³/mol. The van der Waals surface area contributed by atoms with Gasteiger partial charge in [-0.15, -0.1) is 0 Å². The van der Waals surface area contributed by atoms with Gasteiger partial charge < -0.3 is 9.84 Å². The van der Waals surface area contributed by atoms with E-state index < -0.39 is 6.10 Å². The number of halogens is 1. The summed E-state index contributed by atoms with van der Waals surface area (Å²) in [5, 5.41) is 11.2. The summed E-state index contributed by atoms with van der Waals surface area (Å²) in [6, 6.07) is 29.3. The maximum Gasteiger partial charge on any atom is 0.0900 e. The molecule has 0 bridgehead atoms. The first-order valence-corrected chi connectivity index (χ1v) is 11.6. The van der Waals surface area contributed by atoms with Gasteiger partial charge in [-0.2, -0.15) is 0 Å². The average Bonchev–Trinajstić information content (AvgIpc) is 2.83. The number of piperazine rings is 1. The van der Waals surface area contributed by atoms with Crippen molar-refractivity contribution in [1.29, 1.82) is 0 Å². The van der Waals surface area contributed by atoms with Crippen LogP contribution in [0, 0.1) is 0 Å². The fraction of sp³-hybridized carbons (Fsp3) is 0.333. The summed E-state index contributed by atoms with van der Waals surface area (Å²) in [7, 11) is 0. The molecule has 1 N–H and O–H groups in total. The van der Waals surface area contributed by atoms with Crippen molar-refractivity contribution < 1.29 is 9.84 Å². The molecule has 1 saturated heterocycles. The summed E-state index contributed by atoms with van der Waals surface area (Å²) < 4.78 is 5.71. The second kappa shape index (κ2) is 11.6. The van der Waals surface area contributed by atoms with Crippen molar-refractivity contribution in [2.75, 3.05) is 39.3 Å². The summed E-state index contributed by atoms with van der Waals surface area (Å²) >= 11 is 5.91. The van der Waals surface area contributed by atoms with Gasteiger partial charge in [-0.25, -0.2) is 0 Å². The molecule has 32 heavy (non-hydrogen) atoms. The Labute approximate surface area is 196 Å². The third-order valence-corrected chi connectivity index (χ3v) is 6.22. The van der Waals surface area contributed by atoms with E-state index in [1.54, 1.807) is 0 Å². The van der Waals surface area contributed by atoms with E-state index in [0.29, 0.717) is 19.8 Å². The molecular formula is C27H31ClN2O2. The van der Waals surface area contributed by atoms with Gasteiger partial charge in [0.15, 0.2) is 0 Å². The summed E-state index contributed by atoms with van der Waals surface area (Å²) in [4.78, 5) is 4.88. The van der Waals surface area contributed by atoms with E-state index in [1.165, 1.54) is 11.1 Å². The molecule has 1 atom stereocenters. The Kier molecular flexibility index (Phi) is 8.32. The SMILES string of the molecule is O[C@@H](COCc1ccc(Cl)cc1)CN1CCN(C(c2ccccc2)c2ccccc2)CC1. The third-order valence-electron chi connectivity index (χ3n) is 5.96. The van der Waals surface area contributed by atoms with E-state index >= 15 is 0 Å². The Morgan fingerprint density at radius 1 is 0.781 bits per heavy atom. The lowest BCUT2D eigenvalue weighted by Gasteiger charge is -2.40. The molecule has 5 heteroatoms. The van der Waals surface area contributed by atoms with E-state index in [-0.39, 0.29) is 6.04 Å². The van der Waals surface area contributed by atoms with Gasteiger partial charge in [0, 0.05) is 37.7 Å². The monoisotopic (exact) mass is 450 g/mol. The van der Waals surface area contributed by atoms with Crippen LogP contribution in [0.2, 0.25) is 5.02 Å². The Bertz CT molecular complexity index is 889. The van der Waals surface area contributed by atoms with Crippen molar-refractivity contribution in [3.05, 3.63) is 107 Å². The zero-order valence-corrected chi connectivity index (χ0v) is 19.1. The zero-order chi connectivity index (χ0) is 22.2. The number of hydrogen-bond donors (Lipinski definition) is 1. The van der Waals surface area contributed by atoms with Crippen molar-refractivity contribution >= 4 is 11.6 Å². The zero-order valence-electron chi connectivity index (χ0n) is 18.3. The van der Waals surface area contributed by atoms with E-state index in [0.717, 1.165) is 36.8 Å². The largest absolute Gasteiger partial charge is 0.389 e. The minimum absolute atomic E-state index is 0.257. The van der Waals surface area contributed by atoms with Crippen LogP contribution in [0.1, 0.15) is 22.7 Å². The highest BCUT2D eigenvalue weighted by molar-refractivity contribution is 6.30. The Hall–Kier alpha value is -2.21. The molecule has 4 rings (SSSR count). The maximum absolute atomic E-state index is 10.5. The van der Waals surface area contributed by atoms with Crippen LogP contribution in [0.4, 0.5) is 0 Å². The van der Waals surface area contributed by atoms with E-state index in [9.17, 15) is 5.11 Å². The van der Waals surface area contributed by atoms with Crippen LogP contribution in [0.25, 0.3) is 0 Å². The molecule has 1 heterocycles. The topological polar surface area (TPSA) is 35.9 Å². The summed E-state index contributed by atoms with van der Waals surface area (Å²) in [5.74, 6) is 0. The quantitative estimate of drug-likeness (QED) is 0.515. The fourth-order valence-corrected chi connectivity index (χ4v) is 4.46. The van der Waals surface area contributed by atoms with Gasteiger partial charge in [-0.05, 0) is 28.8 Å². The molecule has 1 fully saturated rings. The van der Waals surface area contributed by atoms with Crippen LogP contribution < -0.4 is 0 Å². The molecule has 0 aromatic heterocycles. The number of aliphatic hydroxyl groups is 1. The molecule has 1 aliphatic rings. The predicted octanol–water partition coefficient (Wildman–Crippen LogP) is 4.62. The van der Waals surface area contributed by atoms with Crippen LogP contribution in [0.5, 0.6) is 0 Å². The molecule has 0 unspecified atom stereocenters. The number of β-amino-alcohol motifs (C(OH)–C–C–N with tert-alkyl or cyclic N) is 1. The highest BCUT2D eigenvalue weighted by Gasteiger charge is 2.27. The minimum atomic E-state index is -0.493. The van der Waals surface area contributed by atoms with Crippen molar-refractivity contribution in [2.45, 2.75) is 18.8 Å². The van der Waals surface area contributed by atoms with Gasteiger partial charge in [-0.3, -0.25) is 9.80 Å². The standard InChI is InChI=1S/C27H31ClN2O2/c28-25-13-11-22(12-14-25)20-32-21-26(31)19-29-15-17-30(18-16-29)27(23-7-3-1-4-8-23)24-9-5-2-6-10-24/h1-14,26-27,31H,15-21H2/t26-/m1/s1. The van der Waals surface area contributed by atoms with Gasteiger partial charge in [0.1, 0.15) is 0 Å². The first-order valence-electron chi connectivity index (χ1n) is 11.3. The highest BCUT2D eigenvalue weighted by atomic mass is 35.5. The summed E-state index contributed by atoms with van der Waals surface area (Å²) in [6.07, 6.45) is -0.493. The van der Waals surface area contributed by atoms with Gasteiger partial charge >= 0.3 is 0 Å². The minimum Gasteiger partial charge on any atom is -0.389 e. The number of nitrogens with zero attached hydrogens (tertiary/aromatic N) is 2. The van der Waals surface area contributed by atoms with E-state index in [1.807, 2.05) is 24.3 Å². The first kappa shape index (κ1) is 23.0. The fourth-order valence-electron chi connectivity index (χ4n) is 4.33. The molecule has 4 nitrogen and oxygen atoms in total. The van der Waals surface area contributed by atoms with Crippen molar-refractivity contribution in [3.8, 4) is 0 Å². The molecule has 0 amide bonds. The second-order valence-electron chi connectivity index (χ2n) is 8.36. The van der Waals surface area contributed by atoms with Crippen molar-refractivity contribution in [3.63, 3.8) is 0 Å². The van der Waals surface area contributed by atoms with E-state index in [2.05, 4.69) is 70.5 Å². The lowest BCUT2D eigenvalue weighted by Crippen LogP contribution is -2.50. The van der Waals surface area contributed by atoms with Gasteiger partial charge in [0.05, 0.1) is 25.4 Å². The normalized spacial score (nSPS) is 16.3. The second-order valence-corrected chi connectivity index (χ2v) is 8.79. The number of ether oxygens (including phenoxy) is 1. The number of benzene rings is 3. The van der Waals surface area contributed by atoms with Crippen LogP contribution in [-0.4, -0.2) is 60.3 Å². The van der Waals surface area contributed by atoms with Gasteiger partial charge in [0.2, 0.25) is 0 Å². The molecule has 0 aliphatic carbocycles. The van der Waals surface area contributed by atoms with Crippen LogP contribution in [-0.2, 0) is 11.3 Å². The first-order chi connectivity index (χ1) is 15.7. The van der Waals surface area contributed by atoms with Crippen molar-refractivity contribution in [2.24, 2.45) is 0 Å². The average molecular weight is 451 g/mol. The maximum atomic E-state index is 10.5. The molecule has 3 aromatic rings. The van der Waals surface area contributed by atoms with Gasteiger partial charge in [-0.1, -0.05) is 84.4 Å². The molecule has 0 radical (unpaired) electrons. The number of aliphatic hydroxyl groups excluding tert-OH is 1. The summed E-state index contributed by atoms with van der Waals surface area (Å²) in [6.45, 7) is 5.25. The number of hydrogen-bond acceptors (Lipinski definition) is 4. The van der Waals surface area contributed by atoms with Crippen LogP contribution >= 0.6 is 11.6 Å². The Morgan fingerprint density at radius 3 is 1.91 bits per heavy atom. The van der Waals surface area contributed by atoms with Gasteiger partial charge in [0.25, 0.3) is 0 Å². The Balaban J connectivity index is 1.27. The molecular weight excluding hydrogens is 420 g/mol. The summed E-state index contributed by atoms with van der Waals surface area (Å²) in [5.41, 5.74) is 3.70. The van der Waals surface area contributed by atoms with Crippen LogP contribution in [0.15, 0.2) is 84.9 Å². The number of rotatable bonds is 9. The molecule has 0 spiro atoms. The van der Waals surface area contributed by atoms with Crippen molar-refractivity contribution in [1.82, 2.24) is 9.80 Å². The Morgan fingerprint density at radius 2 is 1.34 bits per heavy atom.